The molecule has 0 saturated carbocycles. The minimum absolute atomic E-state index is 0.636. The van der Waals surface area contributed by atoms with Crippen LogP contribution in [0.1, 0.15) is 19.3 Å². The smallest absolute Gasteiger partial charge is 0.171 e. The molecule has 0 atom stereocenters. The van der Waals surface area contributed by atoms with E-state index in [2.05, 4.69) is 0 Å². The Morgan fingerprint density at radius 1 is 0.550 bits per heavy atom. The van der Waals surface area contributed by atoms with Crippen LogP contribution >= 0.6 is 7.26 Å². The molecule has 0 bridgehead atoms. The molecule has 0 aliphatic rings. The van der Waals surface area contributed by atoms with Crippen molar-refractivity contribution in [3.63, 3.8) is 0 Å². The molecule has 0 amide bonds. The Balaban J connectivity index is 4.66. The zero-order valence-corrected chi connectivity index (χ0v) is 11.5. The summed E-state index contributed by atoms with van der Waals surface area (Å²) in [5.41, 5.74) is 0. The van der Waals surface area contributed by atoms with Crippen LogP contribution < -0.4 is 0 Å². The van der Waals surface area contributed by atoms with Gasteiger partial charge >= 0.3 is 18.5 Å². The predicted molar refractivity (Wildman–Crippen MR) is 59.5 cm³/mol. The second-order valence-corrected chi connectivity index (χ2v) is 9.47. The van der Waals surface area contributed by atoms with E-state index in [9.17, 15) is 39.5 Å². The molecule has 0 saturated heterocycles. The summed E-state index contributed by atoms with van der Waals surface area (Å²) in [6.07, 6.45) is -19.6. The van der Waals surface area contributed by atoms with E-state index in [1.54, 1.807) is 0 Å². The van der Waals surface area contributed by atoms with Crippen molar-refractivity contribution < 1.29 is 39.5 Å². The lowest BCUT2D eigenvalue weighted by Gasteiger charge is -2.25. The van der Waals surface area contributed by atoms with Crippen LogP contribution in [0.3, 0.4) is 0 Å². The summed E-state index contributed by atoms with van der Waals surface area (Å²) in [6.45, 7) is 1.15. The van der Waals surface area contributed by atoms with E-state index >= 15 is 0 Å². The molecule has 0 aliphatic heterocycles. The molecular formula is C10H15F9P+. The molecule has 10 heteroatoms. The topological polar surface area (TPSA) is 0 Å². The highest BCUT2D eigenvalue weighted by atomic mass is 31.2. The second kappa shape index (κ2) is 6.71. The standard InChI is InChI=1S/C10H15F9P/c1-20(5-2-8(11,12)13,6-3-9(14,15)16)7-4-10(17,18)19/h2-7H2,1H3/q+1. The second-order valence-electron chi connectivity index (χ2n) is 4.89. The summed E-state index contributed by atoms with van der Waals surface area (Å²) in [7, 11) is -2.92. The van der Waals surface area contributed by atoms with E-state index in [4.69, 9.17) is 0 Å². The Kier molecular flexibility index (Phi) is 6.64. The first-order chi connectivity index (χ1) is 8.62. The zero-order chi connectivity index (χ0) is 16.2. The van der Waals surface area contributed by atoms with Gasteiger partial charge in [-0.2, -0.15) is 39.5 Å². The van der Waals surface area contributed by atoms with Crippen LogP contribution in [0.2, 0.25) is 0 Å². The minimum atomic E-state index is -4.57. The maximum absolute atomic E-state index is 12.1. The predicted octanol–water partition coefficient (Wildman–Crippen LogP) is 5.49. The number of hydrogen-bond acceptors (Lipinski definition) is 0. The highest BCUT2D eigenvalue weighted by molar-refractivity contribution is 7.75. The molecule has 0 spiro atoms. The largest absolute Gasteiger partial charge is 0.392 e. The molecule has 0 unspecified atom stereocenters. The van der Waals surface area contributed by atoms with E-state index in [0.29, 0.717) is 0 Å². The van der Waals surface area contributed by atoms with Crippen molar-refractivity contribution >= 4 is 7.26 Å². The highest BCUT2D eigenvalue weighted by Crippen LogP contribution is 2.59. The first-order valence-corrected chi connectivity index (χ1v) is 8.45. The fourth-order valence-electron chi connectivity index (χ4n) is 1.53. The first kappa shape index (κ1) is 19.8. The molecule has 20 heavy (non-hydrogen) atoms. The van der Waals surface area contributed by atoms with Crippen LogP contribution in [0.4, 0.5) is 39.5 Å². The summed E-state index contributed by atoms with van der Waals surface area (Å²) in [5, 5.41) is 0. The monoisotopic (exact) mass is 337 g/mol. The molecule has 0 aromatic heterocycles. The van der Waals surface area contributed by atoms with Gasteiger partial charge in [-0.25, -0.2) is 0 Å². The highest BCUT2D eigenvalue weighted by Gasteiger charge is 2.43. The summed E-state index contributed by atoms with van der Waals surface area (Å²) in [4.78, 5) is 0. The number of rotatable bonds is 6. The minimum Gasteiger partial charge on any atom is -0.171 e. The molecule has 0 aromatic carbocycles. The average Bonchev–Trinajstić information content (AvgIpc) is 2.18. The van der Waals surface area contributed by atoms with Crippen molar-refractivity contribution in [3.05, 3.63) is 0 Å². The van der Waals surface area contributed by atoms with Gasteiger partial charge in [-0.3, -0.25) is 0 Å². The third-order valence-electron chi connectivity index (χ3n) is 2.81. The van der Waals surface area contributed by atoms with Gasteiger partial charge < -0.3 is 0 Å². The number of halogens is 9. The lowest BCUT2D eigenvalue weighted by atomic mass is 10.5. The van der Waals surface area contributed by atoms with Gasteiger partial charge in [-0.15, -0.1) is 0 Å². The van der Waals surface area contributed by atoms with Gasteiger partial charge in [0, 0.05) is 13.9 Å². The van der Waals surface area contributed by atoms with Crippen LogP contribution in [0, 0.1) is 0 Å². The summed E-state index contributed by atoms with van der Waals surface area (Å²) >= 11 is 0. The van der Waals surface area contributed by atoms with Crippen molar-refractivity contribution in [1.82, 2.24) is 0 Å². The third-order valence-corrected chi connectivity index (χ3v) is 6.72. The van der Waals surface area contributed by atoms with Crippen LogP contribution in [0.15, 0.2) is 0 Å². The van der Waals surface area contributed by atoms with Gasteiger partial charge in [-0.05, 0) is 0 Å². The van der Waals surface area contributed by atoms with E-state index < -0.39 is 63.5 Å². The van der Waals surface area contributed by atoms with Gasteiger partial charge in [0.15, 0.2) is 0 Å². The van der Waals surface area contributed by atoms with Crippen molar-refractivity contribution in [2.75, 3.05) is 25.2 Å². The quantitative estimate of drug-likeness (QED) is 0.444. The first-order valence-electron chi connectivity index (χ1n) is 5.66. The fourth-order valence-corrected chi connectivity index (χ4v) is 4.58. The Hall–Kier alpha value is -0.200. The summed E-state index contributed by atoms with van der Waals surface area (Å²) in [6, 6.07) is 0. The fraction of sp³-hybridized carbons (Fsp3) is 1.00. The van der Waals surface area contributed by atoms with Crippen LogP contribution in [-0.4, -0.2) is 43.7 Å². The Morgan fingerprint density at radius 3 is 0.900 bits per heavy atom. The average molecular weight is 337 g/mol. The SMILES string of the molecule is C[P+](CCC(F)(F)F)(CCC(F)(F)F)CCC(F)(F)F. The zero-order valence-electron chi connectivity index (χ0n) is 10.6. The van der Waals surface area contributed by atoms with E-state index in [0.717, 1.165) is 6.66 Å². The Labute approximate surface area is 111 Å². The van der Waals surface area contributed by atoms with Crippen LogP contribution in [0.25, 0.3) is 0 Å². The molecule has 0 fully saturated rings. The van der Waals surface area contributed by atoms with Gasteiger partial charge in [0.05, 0.1) is 37.7 Å². The summed E-state index contributed by atoms with van der Waals surface area (Å²) in [5.74, 6) is 0. The molecule has 0 heterocycles. The van der Waals surface area contributed by atoms with Crippen molar-refractivity contribution in [2.45, 2.75) is 37.8 Å². The molecule has 122 valence electrons. The molecule has 0 aromatic rings. The lowest BCUT2D eigenvalue weighted by molar-refractivity contribution is -0.130. The third kappa shape index (κ3) is 11.6. The lowest BCUT2D eigenvalue weighted by Crippen LogP contribution is -2.21. The number of alkyl halides is 9. The van der Waals surface area contributed by atoms with Gasteiger partial charge in [0.1, 0.15) is 0 Å². The molecular weight excluding hydrogens is 322 g/mol. The van der Waals surface area contributed by atoms with Crippen LogP contribution in [-0.2, 0) is 0 Å². The van der Waals surface area contributed by atoms with E-state index in [1.165, 1.54) is 0 Å². The molecule has 0 radical (unpaired) electrons. The van der Waals surface area contributed by atoms with Crippen molar-refractivity contribution in [2.24, 2.45) is 0 Å². The Morgan fingerprint density at radius 2 is 0.750 bits per heavy atom. The van der Waals surface area contributed by atoms with Crippen molar-refractivity contribution in [3.8, 4) is 0 Å². The molecule has 0 aliphatic carbocycles. The molecule has 0 N–H and O–H groups in total. The Bertz CT molecular complexity index is 243. The van der Waals surface area contributed by atoms with Crippen molar-refractivity contribution in [1.29, 1.82) is 0 Å². The maximum atomic E-state index is 12.1. The number of hydrogen-bond donors (Lipinski definition) is 0. The summed E-state index contributed by atoms with van der Waals surface area (Å²) < 4.78 is 109. The maximum Gasteiger partial charge on any atom is 0.392 e. The molecule has 0 rings (SSSR count). The van der Waals surface area contributed by atoms with Gasteiger partial charge in [0.25, 0.3) is 0 Å². The van der Waals surface area contributed by atoms with E-state index in [1.807, 2.05) is 0 Å². The van der Waals surface area contributed by atoms with Crippen LogP contribution in [0.5, 0.6) is 0 Å². The van der Waals surface area contributed by atoms with Gasteiger partial charge in [-0.1, -0.05) is 0 Å². The normalized spacial score (nSPS) is 14.7. The van der Waals surface area contributed by atoms with E-state index in [-0.39, 0.29) is 0 Å². The van der Waals surface area contributed by atoms with Gasteiger partial charge in [0.2, 0.25) is 0 Å². The molecule has 0 nitrogen and oxygen atoms in total.